The molecule has 732 valence electrons. The van der Waals surface area contributed by atoms with Gasteiger partial charge in [-0.15, -0.1) is 11.3 Å². The van der Waals surface area contributed by atoms with Gasteiger partial charge in [0, 0.05) is 73.6 Å². The van der Waals surface area contributed by atoms with Gasteiger partial charge in [0.2, 0.25) is 0 Å². The largest absolute Gasteiger partial charge is 0.399 e. The summed E-state index contributed by atoms with van der Waals surface area (Å²) >= 11 is 1.55. The predicted octanol–water partition coefficient (Wildman–Crippen LogP) is 17.5. The van der Waals surface area contributed by atoms with Crippen molar-refractivity contribution in [3.63, 3.8) is 0 Å². The van der Waals surface area contributed by atoms with Crippen LogP contribution in [0.3, 0.4) is 0 Å². The second-order valence-corrected chi connectivity index (χ2v) is 37.8. The number of nitrogens with two attached hydrogens (primary N) is 5. The summed E-state index contributed by atoms with van der Waals surface area (Å²) in [4.78, 5) is 62.3. The van der Waals surface area contributed by atoms with Crippen LogP contribution in [0.25, 0.3) is 22.7 Å². The Bertz CT molecular complexity index is 7110. The van der Waals surface area contributed by atoms with Gasteiger partial charge in [0.1, 0.15) is 45.0 Å². The van der Waals surface area contributed by atoms with Gasteiger partial charge in [-0.25, -0.2) is 32.5 Å². The Labute approximate surface area is 833 Å². The van der Waals surface area contributed by atoms with E-state index in [9.17, 15) is 33.1 Å². The zero-order valence-electron chi connectivity index (χ0n) is 80.2. The number of rotatable bonds is 36. The Balaban J connectivity index is 0.000000131. The molecule has 4 amide bonds. The van der Waals surface area contributed by atoms with Gasteiger partial charge in [-0.05, 0) is 318 Å². The molecular weight excluding hydrogens is 1820 g/mol. The minimum Gasteiger partial charge on any atom is -0.399 e. The summed E-state index contributed by atoms with van der Waals surface area (Å²) in [6, 6.07) is 85.7. The molecule has 20 rings (SSSR count). The van der Waals surface area contributed by atoms with Crippen molar-refractivity contribution in [3.05, 3.63) is 420 Å². The smallest absolute Gasteiger partial charge is 0.274 e. The molecule has 0 spiro atoms. The topological polar surface area (TPSA) is 412 Å². The zero-order chi connectivity index (χ0) is 99.6. The van der Waals surface area contributed by atoms with E-state index >= 15 is 0 Å². The van der Waals surface area contributed by atoms with Crippen molar-refractivity contribution in [2.45, 2.75) is 135 Å². The maximum absolute atomic E-state index is 14.9. The van der Waals surface area contributed by atoms with E-state index in [-0.39, 0.29) is 41.3 Å². The van der Waals surface area contributed by atoms with Crippen LogP contribution in [0.5, 0.6) is 0 Å². The highest BCUT2D eigenvalue weighted by Crippen LogP contribution is 2.38. The minimum atomic E-state index is -1.23. The number of aryl methyl sites for hydroxylation is 4. The molecule has 10 aromatic carbocycles. The predicted molar refractivity (Wildman–Crippen MR) is 558 cm³/mol. The van der Waals surface area contributed by atoms with E-state index < -0.39 is 29.0 Å². The third-order valence-electron chi connectivity index (χ3n) is 25.4. The standard InChI is InChI=1S/C29H32N6O.C29H31N5O2.C28H29FN6O.C26H27FN6OS/c1-19-13-27(35(34-19)26-10-2-5-21(14-26)17-30)29(36)33-25-9-4-7-23(16-25)28(32-18-20-11-12-20)22-6-3-8-24(31)15-22;1-20-15-27(34(33-20)26-12-5-7-21(16-26)18-30)28(35)32-25-11-6-10-23(17-25)29(36,19-31-24-13-14-24)22-8-3-2-4-9-22;1-18-13-26(35(34-18)22-6-4-5-20(14-22)16-30)28(36)33-25-15-21(10-11-23(25)29)27(32-17-19-8-9-19)24-7-2-3-12-31-24;1-16-11-23(33(32-16)20-4-2-3-18(12-20)14-28)25(34)31-22-13-19(7-8-21(22)27)24(26-29-9-10-35-26)30-15-17-5-6-17/h2-10,13-16,20,28,32H,11-12,17-18,30-31H2,1H3,(H,33,36);2-12,15-17,24,31,36H,13-14,18-19,30H2,1H3,(H,32,35);2-7,10-15,19,27,32H,8-9,16-17,30H2,1H3,(H,33,36);2-4,7-13,17,24,30H,5-6,14-15,28H2,1H3,(H,31,34). The van der Waals surface area contributed by atoms with E-state index in [0.717, 1.165) is 133 Å². The van der Waals surface area contributed by atoms with E-state index in [1.807, 2.05) is 239 Å². The Morgan fingerprint density at radius 1 is 0.392 bits per heavy atom. The van der Waals surface area contributed by atoms with Crippen molar-refractivity contribution < 1.29 is 33.1 Å². The first-order chi connectivity index (χ1) is 69.5. The number of amides is 4. The SMILES string of the molecule is Cc1cc(C(=O)Nc2cc(C(NCC3CC3)c3ccccn3)ccc2F)n(-c2cccc(CN)c2)n1.Cc1cc(C(=O)Nc2cc(C(NCC3CC3)c3nccs3)ccc2F)n(-c2cccc(CN)c2)n1.Cc1cc(C(=O)Nc2cccc(C(NCC3CC3)c3cccc(N)c3)c2)n(-c2cccc(CN)c2)n1.Cc1cc(C(=O)Nc2cccc(C(O)(CNC3CC3)c3ccccc3)c2)n(-c2cccc(CN)c2)n1. The molecule has 143 heavy (non-hydrogen) atoms. The van der Waals surface area contributed by atoms with Gasteiger partial charge in [-0.2, -0.15) is 20.4 Å². The number of carbonyl (C=O) groups excluding carboxylic acids is 4. The average Bonchev–Trinajstić information content (AvgIpc) is 1.75. The van der Waals surface area contributed by atoms with Crippen LogP contribution >= 0.6 is 11.3 Å². The molecule has 0 aliphatic heterocycles. The quantitative estimate of drug-likeness (QED) is 0.0162. The van der Waals surface area contributed by atoms with Gasteiger partial charge in [-0.3, -0.25) is 24.2 Å². The number of hydrogen-bond donors (Lipinski definition) is 14. The number of thiazole rings is 1. The summed E-state index contributed by atoms with van der Waals surface area (Å²) in [6.45, 7) is 12.0. The van der Waals surface area contributed by atoms with Gasteiger partial charge >= 0.3 is 0 Å². The van der Waals surface area contributed by atoms with Crippen molar-refractivity contribution >= 4 is 63.4 Å². The number of nitrogens with zero attached hydrogens (tertiary/aromatic N) is 10. The molecule has 16 aromatic rings. The molecule has 19 N–H and O–H groups in total. The maximum atomic E-state index is 14.9. The molecule has 4 unspecified atom stereocenters. The molecule has 0 bridgehead atoms. The van der Waals surface area contributed by atoms with Crippen LogP contribution in [0.4, 0.5) is 37.2 Å². The lowest BCUT2D eigenvalue weighted by molar-refractivity contribution is 0.0795. The number of benzene rings is 10. The number of nitrogens with one attached hydrogen (secondary N) is 8. The summed E-state index contributed by atoms with van der Waals surface area (Å²) in [5.41, 5.74) is 47.6. The Kier molecular flexibility index (Phi) is 32.1. The summed E-state index contributed by atoms with van der Waals surface area (Å²) in [5, 5.41) is 58.6. The summed E-state index contributed by atoms with van der Waals surface area (Å²) in [5.74, 6) is -0.352. The second-order valence-electron chi connectivity index (χ2n) is 36.9. The number of carbonyl (C=O) groups is 4. The van der Waals surface area contributed by atoms with Crippen molar-refractivity contribution in [2.75, 3.05) is 53.2 Å². The van der Waals surface area contributed by atoms with Gasteiger partial charge < -0.3 is 76.3 Å². The number of pyridine rings is 1. The number of aliphatic hydroxyl groups is 1. The molecular formula is C112H119F2N23O5S. The number of aromatic nitrogens is 10. The lowest BCUT2D eigenvalue weighted by Crippen LogP contribution is -2.40. The number of nitrogen functional groups attached to an aromatic ring is 1. The molecule has 6 aromatic heterocycles. The van der Waals surface area contributed by atoms with Gasteiger partial charge in [0.25, 0.3) is 23.6 Å². The third kappa shape index (κ3) is 25.9. The Morgan fingerprint density at radius 3 is 1.20 bits per heavy atom. The fourth-order valence-electron chi connectivity index (χ4n) is 17.1. The van der Waals surface area contributed by atoms with E-state index in [0.29, 0.717) is 107 Å². The second kappa shape index (κ2) is 46.2. The molecule has 4 aliphatic carbocycles. The minimum absolute atomic E-state index is 0.0160. The Morgan fingerprint density at radius 2 is 0.783 bits per heavy atom. The first-order valence-electron chi connectivity index (χ1n) is 48.4. The van der Waals surface area contributed by atoms with E-state index in [1.54, 1.807) is 91.0 Å². The van der Waals surface area contributed by atoms with Crippen molar-refractivity contribution in [2.24, 2.45) is 40.7 Å². The molecule has 4 atom stereocenters. The highest BCUT2D eigenvalue weighted by molar-refractivity contribution is 7.09. The number of halogens is 2. The summed E-state index contributed by atoms with van der Waals surface area (Å²) < 4.78 is 36.1. The van der Waals surface area contributed by atoms with Crippen LogP contribution in [0.2, 0.25) is 0 Å². The molecule has 6 heterocycles. The van der Waals surface area contributed by atoms with Gasteiger partial charge in [-0.1, -0.05) is 133 Å². The first kappa shape index (κ1) is 99.6. The zero-order valence-corrected chi connectivity index (χ0v) is 81.1. The van der Waals surface area contributed by atoms with E-state index in [4.69, 9.17) is 28.7 Å². The van der Waals surface area contributed by atoms with Crippen molar-refractivity contribution in [1.29, 1.82) is 0 Å². The highest BCUT2D eigenvalue weighted by atomic mass is 32.1. The monoisotopic (exact) mass is 1940 g/mol. The fourth-order valence-corrected chi connectivity index (χ4v) is 17.8. The lowest BCUT2D eigenvalue weighted by Gasteiger charge is -2.30. The van der Waals surface area contributed by atoms with E-state index in [2.05, 4.69) is 85.0 Å². The normalized spacial score (nSPS) is 14.2. The molecule has 4 fully saturated rings. The van der Waals surface area contributed by atoms with Crippen LogP contribution in [-0.4, -0.2) is 110 Å². The highest BCUT2D eigenvalue weighted by Gasteiger charge is 2.36. The molecule has 0 saturated heterocycles. The van der Waals surface area contributed by atoms with Crippen LogP contribution in [-0.2, 0) is 31.8 Å². The van der Waals surface area contributed by atoms with Crippen LogP contribution < -0.4 is 71.2 Å². The van der Waals surface area contributed by atoms with Crippen molar-refractivity contribution in [3.8, 4) is 22.7 Å². The molecule has 31 heteroatoms. The van der Waals surface area contributed by atoms with Gasteiger partial charge in [0.05, 0.1) is 80.7 Å². The summed E-state index contributed by atoms with van der Waals surface area (Å²) in [6.07, 6.45) is 13.2. The Hall–Kier alpha value is -15.0. The molecule has 0 radical (unpaired) electrons. The number of anilines is 5. The van der Waals surface area contributed by atoms with Crippen LogP contribution in [0.15, 0.2) is 297 Å². The molecule has 28 nitrogen and oxygen atoms in total. The van der Waals surface area contributed by atoms with Gasteiger partial charge in [0.15, 0.2) is 0 Å². The maximum Gasteiger partial charge on any atom is 0.274 e. The third-order valence-corrected chi connectivity index (χ3v) is 26.2. The summed E-state index contributed by atoms with van der Waals surface area (Å²) in [7, 11) is 0. The number of hydrogen-bond acceptors (Lipinski definition) is 21. The molecule has 4 aliphatic rings. The van der Waals surface area contributed by atoms with Crippen LogP contribution in [0.1, 0.15) is 201 Å². The van der Waals surface area contributed by atoms with Crippen molar-refractivity contribution in [1.82, 2.24) is 70.4 Å². The molecule has 4 saturated carbocycles. The lowest BCUT2D eigenvalue weighted by atomic mass is 9.86. The average molecular weight is 1940 g/mol. The first-order valence-corrected chi connectivity index (χ1v) is 49.2. The van der Waals surface area contributed by atoms with Crippen LogP contribution in [0, 0.1) is 57.1 Å². The fraction of sp³-hybridized carbons (Fsp3) is 0.250. The van der Waals surface area contributed by atoms with E-state index in [1.165, 1.54) is 50.7 Å².